The van der Waals surface area contributed by atoms with E-state index in [1.54, 1.807) is 31.4 Å². The minimum Gasteiger partial charge on any atom is -0.370 e. The molecule has 1 saturated heterocycles. The van der Waals surface area contributed by atoms with Crippen molar-refractivity contribution in [1.82, 2.24) is 24.6 Å². The van der Waals surface area contributed by atoms with Crippen LogP contribution in [0.5, 0.6) is 0 Å². The number of carbonyl (C=O) groups is 2. The zero-order chi connectivity index (χ0) is 20.6. The van der Waals surface area contributed by atoms with Gasteiger partial charge in [0.05, 0.1) is 18.6 Å². The van der Waals surface area contributed by atoms with E-state index in [9.17, 15) is 9.59 Å². The standard InChI is InChI=1S/C21H27N5O3/c1-24(2)20(28)19-16-14-29-21(13-17(16)25(3)23-19)6-10-26(11-7-21)18(27)12-15-4-8-22-9-5-15/h4-5,8-9H,6-7,10-14H2,1-3H3. The fourth-order valence-electron chi connectivity index (χ4n) is 4.21. The number of rotatable bonds is 3. The number of likely N-dealkylation sites (tertiary alicyclic amines) is 1. The minimum absolute atomic E-state index is 0.0991. The molecule has 1 spiro atoms. The SMILES string of the molecule is CN(C)C(=O)c1nn(C)c2c1COC1(CCN(C(=O)Cc3ccncc3)CC1)C2. The molecule has 2 aliphatic rings. The average Bonchev–Trinajstić information content (AvgIpc) is 3.04. The lowest BCUT2D eigenvalue weighted by Gasteiger charge is -2.44. The predicted octanol–water partition coefficient (Wildman–Crippen LogP) is 1.19. The molecule has 154 valence electrons. The smallest absolute Gasteiger partial charge is 0.274 e. The molecule has 2 aromatic heterocycles. The highest BCUT2D eigenvalue weighted by Crippen LogP contribution is 2.37. The molecule has 8 heteroatoms. The van der Waals surface area contributed by atoms with E-state index in [1.807, 2.05) is 28.8 Å². The number of carbonyl (C=O) groups excluding carboxylic acids is 2. The molecule has 0 aromatic carbocycles. The second-order valence-corrected chi connectivity index (χ2v) is 8.16. The summed E-state index contributed by atoms with van der Waals surface area (Å²) < 4.78 is 8.11. The average molecular weight is 397 g/mol. The molecule has 2 aliphatic heterocycles. The maximum absolute atomic E-state index is 12.6. The van der Waals surface area contributed by atoms with Gasteiger partial charge in [-0.3, -0.25) is 19.3 Å². The van der Waals surface area contributed by atoms with Gasteiger partial charge in [-0.05, 0) is 30.5 Å². The van der Waals surface area contributed by atoms with Gasteiger partial charge >= 0.3 is 0 Å². The predicted molar refractivity (Wildman–Crippen MR) is 106 cm³/mol. The number of amides is 2. The lowest BCUT2D eigenvalue weighted by molar-refractivity contribution is -0.140. The number of aromatic nitrogens is 3. The van der Waals surface area contributed by atoms with Gasteiger partial charge in [0.15, 0.2) is 5.69 Å². The molecule has 29 heavy (non-hydrogen) atoms. The van der Waals surface area contributed by atoms with E-state index in [0.29, 0.717) is 31.8 Å². The van der Waals surface area contributed by atoms with Crippen LogP contribution in [0.4, 0.5) is 0 Å². The first-order chi connectivity index (χ1) is 13.9. The van der Waals surface area contributed by atoms with E-state index in [0.717, 1.165) is 36.1 Å². The number of piperidine rings is 1. The zero-order valence-corrected chi connectivity index (χ0v) is 17.2. The third kappa shape index (κ3) is 3.76. The van der Waals surface area contributed by atoms with Gasteiger partial charge in [0.25, 0.3) is 5.91 Å². The summed E-state index contributed by atoms with van der Waals surface area (Å²) in [6.07, 6.45) is 6.12. The first-order valence-corrected chi connectivity index (χ1v) is 9.95. The van der Waals surface area contributed by atoms with Crippen LogP contribution in [0.3, 0.4) is 0 Å². The Morgan fingerprint density at radius 1 is 1.21 bits per heavy atom. The van der Waals surface area contributed by atoms with E-state index in [1.165, 1.54) is 0 Å². The highest BCUT2D eigenvalue weighted by Gasteiger charge is 2.42. The van der Waals surface area contributed by atoms with Crippen LogP contribution in [-0.2, 0) is 36.0 Å². The first-order valence-electron chi connectivity index (χ1n) is 9.95. The molecule has 0 radical (unpaired) electrons. The van der Waals surface area contributed by atoms with Gasteiger partial charge in [-0.15, -0.1) is 0 Å². The normalized spacial score (nSPS) is 17.8. The molecular formula is C21H27N5O3. The van der Waals surface area contributed by atoms with Crippen LogP contribution < -0.4 is 0 Å². The van der Waals surface area contributed by atoms with Gasteiger partial charge in [0.2, 0.25) is 5.91 Å². The minimum atomic E-state index is -0.285. The summed E-state index contributed by atoms with van der Waals surface area (Å²) in [6.45, 7) is 1.75. The van der Waals surface area contributed by atoms with Gasteiger partial charge in [0.1, 0.15) is 0 Å². The molecular weight excluding hydrogens is 370 g/mol. The summed E-state index contributed by atoms with van der Waals surface area (Å²) in [5.74, 6) is 0.0416. The maximum Gasteiger partial charge on any atom is 0.274 e. The van der Waals surface area contributed by atoms with Crippen LogP contribution in [0.15, 0.2) is 24.5 Å². The van der Waals surface area contributed by atoms with Crippen molar-refractivity contribution in [2.75, 3.05) is 27.2 Å². The van der Waals surface area contributed by atoms with Crippen molar-refractivity contribution in [2.45, 2.75) is 37.9 Å². The number of fused-ring (bicyclic) bond motifs is 1. The fourth-order valence-corrected chi connectivity index (χ4v) is 4.21. The van der Waals surface area contributed by atoms with Crippen molar-refractivity contribution in [3.63, 3.8) is 0 Å². The summed E-state index contributed by atoms with van der Waals surface area (Å²) in [5, 5.41) is 4.46. The van der Waals surface area contributed by atoms with Crippen LogP contribution >= 0.6 is 0 Å². The summed E-state index contributed by atoms with van der Waals surface area (Å²) in [6, 6.07) is 3.76. The number of hydrogen-bond donors (Lipinski definition) is 0. The highest BCUT2D eigenvalue weighted by atomic mass is 16.5. The van der Waals surface area contributed by atoms with E-state index < -0.39 is 0 Å². The Morgan fingerprint density at radius 2 is 1.90 bits per heavy atom. The topological polar surface area (TPSA) is 80.6 Å². The third-order valence-corrected chi connectivity index (χ3v) is 6.03. The van der Waals surface area contributed by atoms with Gasteiger partial charge < -0.3 is 14.5 Å². The summed E-state index contributed by atoms with van der Waals surface area (Å²) in [5.41, 5.74) is 3.14. The molecule has 1 fully saturated rings. The lowest BCUT2D eigenvalue weighted by Crippen LogP contribution is -2.51. The van der Waals surface area contributed by atoms with Crippen molar-refractivity contribution in [3.8, 4) is 0 Å². The van der Waals surface area contributed by atoms with Crippen LogP contribution in [0.25, 0.3) is 0 Å². The van der Waals surface area contributed by atoms with Gasteiger partial charge in [-0.25, -0.2) is 0 Å². The number of nitrogens with zero attached hydrogens (tertiary/aromatic N) is 5. The highest BCUT2D eigenvalue weighted by molar-refractivity contribution is 5.93. The second-order valence-electron chi connectivity index (χ2n) is 8.16. The van der Waals surface area contributed by atoms with E-state index in [-0.39, 0.29) is 17.4 Å². The molecule has 2 aromatic rings. The third-order valence-electron chi connectivity index (χ3n) is 6.03. The molecule has 0 bridgehead atoms. The Hall–Kier alpha value is -2.74. The van der Waals surface area contributed by atoms with Crippen molar-refractivity contribution in [2.24, 2.45) is 7.05 Å². The lowest BCUT2D eigenvalue weighted by atomic mass is 9.83. The van der Waals surface area contributed by atoms with E-state index >= 15 is 0 Å². The van der Waals surface area contributed by atoms with Crippen molar-refractivity contribution < 1.29 is 14.3 Å². The van der Waals surface area contributed by atoms with Gasteiger partial charge in [-0.1, -0.05) is 0 Å². The Labute approximate surface area is 170 Å². The monoisotopic (exact) mass is 397 g/mol. The molecule has 8 nitrogen and oxygen atoms in total. The van der Waals surface area contributed by atoms with Gasteiger partial charge in [-0.2, -0.15) is 5.10 Å². The van der Waals surface area contributed by atoms with Crippen LogP contribution in [0.2, 0.25) is 0 Å². The number of ether oxygens (including phenoxy) is 1. The largest absolute Gasteiger partial charge is 0.370 e. The Morgan fingerprint density at radius 3 is 2.55 bits per heavy atom. The van der Waals surface area contributed by atoms with Crippen molar-refractivity contribution in [1.29, 1.82) is 0 Å². The number of pyridine rings is 1. The number of hydrogen-bond acceptors (Lipinski definition) is 5. The maximum atomic E-state index is 12.6. The molecule has 0 atom stereocenters. The quantitative estimate of drug-likeness (QED) is 0.777. The fraction of sp³-hybridized carbons (Fsp3) is 0.524. The van der Waals surface area contributed by atoms with Crippen LogP contribution in [0.1, 0.15) is 40.2 Å². The molecule has 0 N–H and O–H groups in total. The Bertz CT molecular complexity index is 914. The second kappa shape index (κ2) is 7.59. The molecule has 0 saturated carbocycles. The molecule has 0 aliphatic carbocycles. The summed E-state index contributed by atoms with van der Waals surface area (Å²) in [7, 11) is 5.35. The van der Waals surface area contributed by atoms with Gasteiger partial charge in [0, 0.05) is 64.3 Å². The Balaban J connectivity index is 1.43. The molecule has 4 heterocycles. The van der Waals surface area contributed by atoms with Crippen LogP contribution in [-0.4, -0.2) is 69.2 Å². The molecule has 0 unspecified atom stereocenters. The van der Waals surface area contributed by atoms with Crippen molar-refractivity contribution >= 4 is 11.8 Å². The molecule has 4 rings (SSSR count). The Kier molecular flexibility index (Phi) is 5.12. The van der Waals surface area contributed by atoms with Crippen LogP contribution in [0, 0.1) is 0 Å². The summed E-state index contributed by atoms with van der Waals surface area (Å²) >= 11 is 0. The zero-order valence-electron chi connectivity index (χ0n) is 17.2. The summed E-state index contributed by atoms with van der Waals surface area (Å²) in [4.78, 5) is 32.5. The molecule has 2 amide bonds. The number of aryl methyl sites for hydroxylation is 1. The van der Waals surface area contributed by atoms with E-state index in [2.05, 4.69) is 10.1 Å². The van der Waals surface area contributed by atoms with E-state index in [4.69, 9.17) is 4.74 Å². The van der Waals surface area contributed by atoms with Crippen molar-refractivity contribution in [3.05, 3.63) is 47.0 Å². The first kappa shape index (κ1) is 19.6.